The van der Waals surface area contributed by atoms with Crippen molar-refractivity contribution in [1.82, 2.24) is 13.8 Å². The summed E-state index contributed by atoms with van der Waals surface area (Å²) < 4.78 is 44.4. The molecule has 10 heteroatoms. The molecule has 0 bridgehead atoms. The van der Waals surface area contributed by atoms with E-state index in [4.69, 9.17) is 11.6 Å². The Balaban J connectivity index is 1.36. The van der Waals surface area contributed by atoms with Gasteiger partial charge in [-0.2, -0.15) is 4.31 Å². The van der Waals surface area contributed by atoms with Crippen LogP contribution in [-0.2, 0) is 21.4 Å². The number of halogens is 2. The van der Waals surface area contributed by atoms with E-state index >= 15 is 0 Å². The number of fused-ring (bicyclic) bond motifs is 1. The van der Waals surface area contributed by atoms with Crippen LogP contribution in [0, 0.1) is 12.7 Å². The Hall–Kier alpha value is -2.88. The molecule has 190 valence electrons. The van der Waals surface area contributed by atoms with Crippen LogP contribution in [-0.4, -0.2) is 60.8 Å². The molecular formula is C26H28ClFN4O3S. The molecule has 1 amide bonds. The van der Waals surface area contributed by atoms with Gasteiger partial charge in [0, 0.05) is 63.3 Å². The SMILES string of the molecule is Cc1cccc(Cl)c1S(=O)(=O)N1CCn2cccc2C1CC(=O)N1CCN(c2ccc(F)cc2)CC1. The molecule has 2 aromatic carbocycles. The van der Waals surface area contributed by atoms with Gasteiger partial charge >= 0.3 is 0 Å². The lowest BCUT2D eigenvalue weighted by atomic mass is 10.1. The molecule has 3 heterocycles. The normalized spacial score (nSPS) is 18.8. The Morgan fingerprint density at radius 2 is 1.69 bits per heavy atom. The van der Waals surface area contributed by atoms with E-state index in [9.17, 15) is 17.6 Å². The summed E-state index contributed by atoms with van der Waals surface area (Å²) in [7, 11) is -3.94. The third kappa shape index (κ3) is 4.63. The zero-order chi connectivity index (χ0) is 25.4. The van der Waals surface area contributed by atoms with Crippen LogP contribution in [0.4, 0.5) is 10.1 Å². The number of rotatable bonds is 5. The Kier molecular flexibility index (Phi) is 6.80. The molecule has 1 saturated heterocycles. The van der Waals surface area contributed by atoms with Gasteiger partial charge in [-0.3, -0.25) is 4.79 Å². The van der Waals surface area contributed by atoms with Gasteiger partial charge in [0.1, 0.15) is 10.7 Å². The molecule has 0 radical (unpaired) electrons. The molecule has 0 N–H and O–H groups in total. The third-order valence-corrected chi connectivity index (χ3v) is 9.58. The summed E-state index contributed by atoms with van der Waals surface area (Å²) in [5.41, 5.74) is 2.29. The van der Waals surface area contributed by atoms with Crippen LogP contribution in [0.2, 0.25) is 5.02 Å². The first-order valence-corrected chi connectivity index (χ1v) is 13.8. The van der Waals surface area contributed by atoms with Crippen molar-refractivity contribution in [1.29, 1.82) is 0 Å². The number of carbonyl (C=O) groups excluding carboxylic acids is 1. The fraction of sp³-hybridized carbons (Fsp3) is 0.346. The van der Waals surface area contributed by atoms with Gasteiger partial charge in [0.15, 0.2) is 0 Å². The van der Waals surface area contributed by atoms with Crippen molar-refractivity contribution in [3.8, 4) is 0 Å². The summed E-state index contributed by atoms with van der Waals surface area (Å²) in [6.07, 6.45) is 1.96. The molecule has 1 aromatic heterocycles. The summed E-state index contributed by atoms with van der Waals surface area (Å²) in [5, 5.41) is 0.179. The average molecular weight is 531 g/mol. The van der Waals surface area contributed by atoms with E-state index in [1.165, 1.54) is 16.4 Å². The first kappa shape index (κ1) is 24.8. The van der Waals surface area contributed by atoms with E-state index in [1.807, 2.05) is 22.9 Å². The van der Waals surface area contributed by atoms with Gasteiger partial charge in [-0.15, -0.1) is 0 Å². The number of piperazine rings is 1. The maximum atomic E-state index is 13.8. The molecule has 0 spiro atoms. The van der Waals surface area contributed by atoms with E-state index in [0.717, 1.165) is 11.4 Å². The molecule has 1 atom stereocenters. The van der Waals surface area contributed by atoms with Gasteiger partial charge in [-0.1, -0.05) is 23.7 Å². The lowest BCUT2D eigenvalue weighted by molar-refractivity contribution is -0.132. The maximum Gasteiger partial charge on any atom is 0.245 e. The first-order valence-electron chi connectivity index (χ1n) is 12.0. The van der Waals surface area contributed by atoms with E-state index in [1.54, 1.807) is 42.2 Å². The van der Waals surface area contributed by atoms with Gasteiger partial charge in [0.2, 0.25) is 15.9 Å². The van der Waals surface area contributed by atoms with Crippen LogP contribution in [0.3, 0.4) is 0 Å². The Morgan fingerprint density at radius 1 is 0.972 bits per heavy atom. The number of aromatic nitrogens is 1. The Bertz CT molecular complexity index is 1350. The van der Waals surface area contributed by atoms with Crippen LogP contribution >= 0.6 is 11.6 Å². The topological polar surface area (TPSA) is 65.9 Å². The minimum atomic E-state index is -3.94. The summed E-state index contributed by atoms with van der Waals surface area (Å²) >= 11 is 6.35. The zero-order valence-electron chi connectivity index (χ0n) is 20.0. The van der Waals surface area contributed by atoms with Crippen molar-refractivity contribution in [2.75, 3.05) is 37.6 Å². The number of benzene rings is 2. The number of anilines is 1. The molecule has 2 aliphatic heterocycles. The molecule has 0 aliphatic carbocycles. The molecule has 5 rings (SSSR count). The third-order valence-electron chi connectivity index (χ3n) is 7.04. The Morgan fingerprint density at radius 3 is 2.39 bits per heavy atom. The zero-order valence-corrected chi connectivity index (χ0v) is 21.6. The molecule has 0 saturated carbocycles. The highest BCUT2D eigenvalue weighted by molar-refractivity contribution is 7.89. The van der Waals surface area contributed by atoms with E-state index in [0.29, 0.717) is 38.3 Å². The van der Waals surface area contributed by atoms with Crippen molar-refractivity contribution in [2.45, 2.75) is 30.8 Å². The number of nitrogens with zero attached hydrogens (tertiary/aromatic N) is 4. The molecule has 36 heavy (non-hydrogen) atoms. The van der Waals surface area contributed by atoms with E-state index in [-0.39, 0.29) is 34.6 Å². The van der Waals surface area contributed by atoms with Crippen LogP contribution in [0.15, 0.2) is 65.7 Å². The number of amides is 1. The van der Waals surface area contributed by atoms with Crippen molar-refractivity contribution in [2.24, 2.45) is 0 Å². The quantitative estimate of drug-likeness (QED) is 0.499. The molecule has 3 aromatic rings. The highest BCUT2D eigenvalue weighted by atomic mass is 35.5. The van der Waals surface area contributed by atoms with Crippen molar-refractivity contribution in [3.63, 3.8) is 0 Å². The molecule has 7 nitrogen and oxygen atoms in total. The van der Waals surface area contributed by atoms with Gasteiger partial charge in [-0.25, -0.2) is 12.8 Å². The van der Waals surface area contributed by atoms with Crippen molar-refractivity contribution >= 4 is 33.2 Å². The molecule has 1 fully saturated rings. The van der Waals surface area contributed by atoms with Gasteiger partial charge < -0.3 is 14.4 Å². The Labute approximate surface area is 215 Å². The second kappa shape index (κ2) is 9.88. The number of aryl methyl sites for hydroxylation is 1. The number of hydrogen-bond acceptors (Lipinski definition) is 4. The number of sulfonamides is 1. The summed E-state index contributed by atoms with van der Waals surface area (Å²) in [5.74, 6) is -0.374. The summed E-state index contributed by atoms with van der Waals surface area (Å²) in [6.45, 7) is 4.77. The smallest absolute Gasteiger partial charge is 0.245 e. The fourth-order valence-corrected chi connectivity index (χ4v) is 7.54. The van der Waals surface area contributed by atoms with E-state index < -0.39 is 16.1 Å². The highest BCUT2D eigenvalue weighted by Gasteiger charge is 2.40. The van der Waals surface area contributed by atoms with Crippen LogP contribution in [0.25, 0.3) is 0 Å². The van der Waals surface area contributed by atoms with Crippen molar-refractivity contribution < 1.29 is 17.6 Å². The number of carbonyl (C=O) groups is 1. The van der Waals surface area contributed by atoms with Crippen LogP contribution < -0.4 is 4.90 Å². The summed E-state index contributed by atoms with van der Waals surface area (Å²) in [4.78, 5) is 17.4. The first-order chi connectivity index (χ1) is 17.3. The number of hydrogen-bond donors (Lipinski definition) is 0. The van der Waals surface area contributed by atoms with Crippen LogP contribution in [0.1, 0.15) is 23.7 Å². The van der Waals surface area contributed by atoms with Gasteiger partial charge in [0.25, 0.3) is 0 Å². The predicted octanol–water partition coefficient (Wildman–Crippen LogP) is 4.07. The summed E-state index contributed by atoms with van der Waals surface area (Å²) in [6, 6.07) is 14.5. The average Bonchev–Trinajstić information content (AvgIpc) is 3.34. The minimum Gasteiger partial charge on any atom is -0.368 e. The standard InChI is InChI=1S/C26H28ClFN4O3S/c1-19-4-2-5-22(27)26(19)36(34,35)32-17-16-30-11-3-6-23(30)24(32)18-25(33)31-14-12-29(13-15-31)21-9-7-20(28)8-10-21/h2-11,24H,12-18H2,1H3. The molecule has 2 aliphatic rings. The van der Waals surface area contributed by atoms with E-state index in [2.05, 4.69) is 4.90 Å². The maximum absolute atomic E-state index is 13.8. The molecular weight excluding hydrogens is 503 g/mol. The molecule has 1 unspecified atom stereocenters. The second-order valence-electron chi connectivity index (χ2n) is 9.19. The van der Waals surface area contributed by atoms with Crippen molar-refractivity contribution in [3.05, 3.63) is 82.9 Å². The van der Waals surface area contributed by atoms with Gasteiger partial charge in [-0.05, 0) is 55.0 Å². The fourth-order valence-electron chi connectivity index (χ4n) is 5.16. The lowest BCUT2D eigenvalue weighted by Crippen LogP contribution is -2.50. The predicted molar refractivity (Wildman–Crippen MR) is 137 cm³/mol. The lowest BCUT2D eigenvalue weighted by Gasteiger charge is -2.39. The highest BCUT2D eigenvalue weighted by Crippen LogP contribution is 2.37. The largest absolute Gasteiger partial charge is 0.368 e. The minimum absolute atomic E-state index is 0.0449. The van der Waals surface area contributed by atoms with Gasteiger partial charge in [0.05, 0.1) is 11.1 Å². The van der Waals surface area contributed by atoms with Crippen LogP contribution in [0.5, 0.6) is 0 Å². The monoisotopic (exact) mass is 530 g/mol. The second-order valence-corrected chi connectivity index (χ2v) is 11.4.